The van der Waals surface area contributed by atoms with Crippen LogP contribution in [0.2, 0.25) is 0 Å². The van der Waals surface area contributed by atoms with E-state index in [2.05, 4.69) is 19.2 Å². The Kier molecular flexibility index (Phi) is 4.86. The number of nitriles is 1. The van der Waals surface area contributed by atoms with Gasteiger partial charge in [-0.2, -0.15) is 18.4 Å². The van der Waals surface area contributed by atoms with Crippen molar-refractivity contribution in [2.75, 3.05) is 0 Å². The zero-order chi connectivity index (χ0) is 18.3. The van der Waals surface area contributed by atoms with Crippen molar-refractivity contribution in [2.45, 2.75) is 22.9 Å². The normalized spacial score (nSPS) is 12.0. The van der Waals surface area contributed by atoms with Gasteiger partial charge in [-0.05, 0) is 31.2 Å². The molecule has 0 aliphatic heterocycles. The summed E-state index contributed by atoms with van der Waals surface area (Å²) in [6.07, 6.45) is -4.65. The summed E-state index contributed by atoms with van der Waals surface area (Å²) in [4.78, 5) is 0.313. The number of aryl methyl sites for hydroxylation is 1. The monoisotopic (exact) mass is 389 g/mol. The Morgan fingerprint density at radius 2 is 1.96 bits per heavy atom. The van der Waals surface area contributed by atoms with Crippen LogP contribution in [0.4, 0.5) is 13.2 Å². The van der Waals surface area contributed by atoms with E-state index in [1.165, 1.54) is 12.1 Å². The Morgan fingerprint density at radius 1 is 1.33 bits per heavy atom. The third-order valence-electron chi connectivity index (χ3n) is 3.21. The Balaban J connectivity index is 2.77. The molecular formula is C15H10F3NO2S3. The topological polar surface area (TPSA) is 57.9 Å². The molecule has 0 radical (unpaired) electrons. The lowest BCUT2D eigenvalue weighted by Crippen LogP contribution is -2.09. The van der Waals surface area contributed by atoms with Crippen LogP contribution in [0.15, 0.2) is 45.5 Å². The summed E-state index contributed by atoms with van der Waals surface area (Å²) in [5.74, 6) is 0. The van der Waals surface area contributed by atoms with Gasteiger partial charge in [0.1, 0.15) is 11.0 Å². The van der Waals surface area contributed by atoms with Crippen molar-refractivity contribution in [3.8, 4) is 16.5 Å². The third kappa shape index (κ3) is 3.36. The molecule has 0 bridgehead atoms. The molecular weight excluding hydrogens is 379 g/mol. The molecule has 126 valence electrons. The second-order valence-electron chi connectivity index (χ2n) is 4.80. The molecule has 0 unspecified atom stereocenters. The predicted molar refractivity (Wildman–Crippen MR) is 88.7 cm³/mol. The molecule has 2 aromatic rings. The van der Waals surface area contributed by atoms with Crippen molar-refractivity contribution in [1.29, 1.82) is 5.26 Å². The summed E-state index contributed by atoms with van der Waals surface area (Å²) in [5, 5.41) is 8.72. The van der Waals surface area contributed by atoms with E-state index in [4.69, 9.17) is 5.26 Å². The molecule has 0 fully saturated rings. The lowest BCUT2D eigenvalue weighted by Gasteiger charge is -2.13. The number of benzene rings is 1. The van der Waals surface area contributed by atoms with E-state index in [1.807, 2.05) is 0 Å². The highest BCUT2D eigenvalue weighted by Gasteiger charge is 2.35. The van der Waals surface area contributed by atoms with Crippen molar-refractivity contribution >= 4 is 33.8 Å². The van der Waals surface area contributed by atoms with E-state index < -0.39 is 31.4 Å². The van der Waals surface area contributed by atoms with Gasteiger partial charge < -0.3 is 0 Å². The van der Waals surface area contributed by atoms with Crippen molar-refractivity contribution < 1.29 is 21.6 Å². The van der Waals surface area contributed by atoms with Crippen LogP contribution in [0, 0.1) is 18.3 Å². The summed E-state index contributed by atoms with van der Waals surface area (Å²) >= 11 is 5.23. The second-order valence-corrected chi connectivity index (χ2v) is 8.50. The molecule has 0 N–H and O–H groups in total. The smallest absolute Gasteiger partial charge is 0.218 e. The quantitative estimate of drug-likeness (QED) is 0.604. The Morgan fingerprint density at radius 3 is 2.42 bits per heavy atom. The van der Waals surface area contributed by atoms with Crippen LogP contribution >= 0.6 is 24.0 Å². The highest BCUT2D eigenvalue weighted by molar-refractivity contribution is 7.95. The maximum Gasteiger partial charge on any atom is 0.417 e. The summed E-state index contributed by atoms with van der Waals surface area (Å²) in [6.45, 7) is 4.83. The Bertz CT molecular complexity index is 947. The van der Waals surface area contributed by atoms with Crippen molar-refractivity contribution in [3.63, 3.8) is 0 Å². The molecule has 0 amide bonds. The SMILES string of the molecule is C=C(C#N)S(=O)(=O)c1ccc(C(F)(F)F)c(-c2cc(S)c(C)s2)c1. The largest absolute Gasteiger partial charge is 0.417 e. The lowest BCUT2D eigenvalue weighted by atomic mass is 10.1. The summed E-state index contributed by atoms with van der Waals surface area (Å²) < 4.78 is 64.1. The van der Waals surface area contributed by atoms with Crippen molar-refractivity contribution in [1.82, 2.24) is 0 Å². The number of rotatable bonds is 3. The van der Waals surface area contributed by atoms with Gasteiger partial charge in [-0.3, -0.25) is 0 Å². The first kappa shape index (κ1) is 18.6. The highest BCUT2D eigenvalue weighted by atomic mass is 32.2. The number of allylic oxidation sites excluding steroid dienone is 1. The average Bonchev–Trinajstić information content (AvgIpc) is 2.84. The van der Waals surface area contributed by atoms with Gasteiger partial charge >= 0.3 is 6.18 Å². The summed E-state index contributed by atoms with van der Waals surface area (Å²) in [5.41, 5.74) is -1.23. The first-order valence-electron chi connectivity index (χ1n) is 6.33. The minimum absolute atomic E-state index is 0.240. The van der Waals surface area contributed by atoms with Crippen LogP contribution in [-0.2, 0) is 16.0 Å². The fourth-order valence-corrected chi connectivity index (χ4v) is 4.18. The van der Waals surface area contributed by atoms with Gasteiger partial charge in [0.2, 0.25) is 9.84 Å². The number of alkyl halides is 3. The minimum atomic E-state index is -4.65. The fraction of sp³-hybridized carbons (Fsp3) is 0.133. The van der Waals surface area contributed by atoms with Gasteiger partial charge in [0.15, 0.2) is 0 Å². The number of sulfone groups is 1. The van der Waals surface area contributed by atoms with Crippen LogP contribution < -0.4 is 0 Å². The molecule has 1 heterocycles. The molecule has 1 aromatic heterocycles. The summed E-state index contributed by atoms with van der Waals surface area (Å²) in [6, 6.07) is 5.29. The zero-order valence-corrected chi connectivity index (χ0v) is 14.7. The van der Waals surface area contributed by atoms with Crippen molar-refractivity contribution in [2.24, 2.45) is 0 Å². The number of thiophene rings is 1. The first-order valence-corrected chi connectivity index (χ1v) is 9.08. The van der Waals surface area contributed by atoms with Gasteiger partial charge in [-0.15, -0.1) is 24.0 Å². The zero-order valence-electron chi connectivity index (χ0n) is 12.2. The Labute approximate surface area is 146 Å². The van der Waals surface area contributed by atoms with E-state index in [0.29, 0.717) is 15.8 Å². The van der Waals surface area contributed by atoms with Crippen molar-refractivity contribution in [3.05, 3.63) is 46.2 Å². The predicted octanol–water partition coefficient (Wildman–Crippen LogP) is 4.84. The maximum atomic E-state index is 13.3. The molecule has 0 aliphatic carbocycles. The maximum absolute atomic E-state index is 13.3. The molecule has 1 aromatic carbocycles. The fourth-order valence-electron chi connectivity index (χ4n) is 1.95. The van der Waals surface area contributed by atoms with Crippen LogP contribution in [-0.4, -0.2) is 8.42 Å². The van der Waals surface area contributed by atoms with E-state index in [0.717, 1.165) is 23.5 Å². The molecule has 0 spiro atoms. The van der Waals surface area contributed by atoms with Gasteiger partial charge in [-0.25, -0.2) is 8.42 Å². The standard InChI is InChI=1S/C15H10F3NO2S3/c1-8(7-19)24(20,21)10-3-4-12(15(16,17)18)11(5-10)14-6-13(22)9(2)23-14/h3-6,22H,1H2,2H3. The van der Waals surface area contributed by atoms with E-state index in [-0.39, 0.29) is 10.4 Å². The molecule has 0 saturated carbocycles. The van der Waals surface area contributed by atoms with E-state index >= 15 is 0 Å². The first-order chi connectivity index (χ1) is 11.0. The van der Waals surface area contributed by atoms with Gasteiger partial charge in [0.05, 0.1) is 10.5 Å². The van der Waals surface area contributed by atoms with Crippen LogP contribution in [0.25, 0.3) is 10.4 Å². The molecule has 9 heteroatoms. The lowest BCUT2D eigenvalue weighted by molar-refractivity contribution is -0.137. The number of hydrogen-bond acceptors (Lipinski definition) is 5. The molecule has 0 aliphatic rings. The van der Waals surface area contributed by atoms with Crippen LogP contribution in [0.3, 0.4) is 0 Å². The third-order valence-corrected chi connectivity index (χ3v) is 6.53. The molecule has 24 heavy (non-hydrogen) atoms. The second kappa shape index (κ2) is 6.27. The van der Waals surface area contributed by atoms with Crippen LogP contribution in [0.1, 0.15) is 10.4 Å². The van der Waals surface area contributed by atoms with E-state index in [9.17, 15) is 21.6 Å². The minimum Gasteiger partial charge on any atom is -0.218 e. The Hall–Kier alpha value is -1.76. The number of halogens is 3. The number of nitrogens with zero attached hydrogens (tertiary/aromatic N) is 1. The van der Waals surface area contributed by atoms with E-state index in [1.54, 1.807) is 6.92 Å². The average molecular weight is 389 g/mol. The van der Waals surface area contributed by atoms with Gasteiger partial charge in [0.25, 0.3) is 0 Å². The molecule has 2 rings (SSSR count). The molecule has 0 saturated heterocycles. The summed E-state index contributed by atoms with van der Waals surface area (Å²) in [7, 11) is -4.22. The van der Waals surface area contributed by atoms with Gasteiger partial charge in [-0.1, -0.05) is 6.58 Å². The van der Waals surface area contributed by atoms with Crippen LogP contribution in [0.5, 0.6) is 0 Å². The number of hydrogen-bond donors (Lipinski definition) is 1. The number of thiol groups is 1. The molecule has 0 atom stereocenters. The molecule has 3 nitrogen and oxygen atoms in total. The van der Waals surface area contributed by atoms with Gasteiger partial charge in [0, 0.05) is 20.2 Å². The highest BCUT2D eigenvalue weighted by Crippen LogP contribution is 2.42.